The van der Waals surface area contributed by atoms with Crippen LogP contribution in [-0.4, -0.2) is 14.1 Å². The summed E-state index contributed by atoms with van der Waals surface area (Å²) in [7, 11) is 0. The molecule has 9 aromatic rings. The lowest BCUT2D eigenvalue weighted by Gasteiger charge is -2.37. The first-order chi connectivity index (χ1) is 26.5. The van der Waals surface area contributed by atoms with Gasteiger partial charge < -0.3 is 0 Å². The maximum atomic E-state index is 8.17. The molecule has 0 bridgehead atoms. The van der Waals surface area contributed by atoms with Gasteiger partial charge in [0.2, 0.25) is 6.33 Å². The third-order valence-corrected chi connectivity index (χ3v) is 10.4. The van der Waals surface area contributed by atoms with Crippen LogP contribution in [0.5, 0.6) is 0 Å². The number of para-hydroxylation sites is 3. The zero-order valence-corrected chi connectivity index (χ0v) is 29.5. The quantitative estimate of drug-likeness (QED) is 0.127. The van der Waals surface area contributed by atoms with Crippen LogP contribution in [0.2, 0.25) is 0 Å². The number of rotatable bonds is 6. The van der Waals surface area contributed by atoms with E-state index in [1.54, 1.807) is 18.3 Å². The van der Waals surface area contributed by atoms with Crippen LogP contribution in [0.1, 0.15) is 52.7 Å². The highest BCUT2D eigenvalue weighted by atomic mass is 15.2. The normalized spacial score (nSPS) is 13.3. The van der Waals surface area contributed by atoms with Gasteiger partial charge in [-0.25, -0.2) is 9.55 Å². The van der Waals surface area contributed by atoms with Gasteiger partial charge in [-0.05, 0) is 104 Å². The van der Waals surface area contributed by atoms with Crippen molar-refractivity contribution in [3.63, 3.8) is 0 Å². The Kier molecular flexibility index (Phi) is 6.68. The van der Waals surface area contributed by atoms with Gasteiger partial charge in [0.25, 0.3) is 0 Å². The number of hydrogen-bond donors (Lipinski definition) is 0. The highest BCUT2D eigenvalue weighted by molar-refractivity contribution is 6.09. The molecule has 0 amide bonds. The maximum absolute atomic E-state index is 8.17. The summed E-state index contributed by atoms with van der Waals surface area (Å²) >= 11 is 0. The molecule has 0 aliphatic carbocycles. The fraction of sp³-hybridized carbons (Fsp3) is 0.125. The second-order valence-electron chi connectivity index (χ2n) is 14.5. The number of aryl methyl sites for hydroxylation is 1. The van der Waals surface area contributed by atoms with Crippen molar-refractivity contribution in [3.05, 3.63) is 204 Å². The SMILES string of the molecule is [2H]C([2H])([2H])c1ccnc(-n2c3ccccc3c3ccc(C(c4ccccc4)(c4ccccc4)c4cccc(-n5c[n+](C(C)(C)C)c6ccccc65)c4)cc32)c1. The molecular formula is C48H41N4+. The summed E-state index contributed by atoms with van der Waals surface area (Å²) in [4.78, 5) is 4.76. The van der Waals surface area contributed by atoms with E-state index in [2.05, 4.69) is 180 Å². The number of pyridine rings is 1. The van der Waals surface area contributed by atoms with Crippen LogP contribution < -0.4 is 4.57 Å². The van der Waals surface area contributed by atoms with Gasteiger partial charge in [-0.1, -0.05) is 115 Å². The summed E-state index contributed by atoms with van der Waals surface area (Å²) in [5.41, 5.74) is 9.13. The van der Waals surface area contributed by atoms with E-state index in [1.165, 1.54) is 5.52 Å². The molecule has 0 spiro atoms. The molecular weight excluding hydrogens is 633 g/mol. The molecule has 4 heteroatoms. The van der Waals surface area contributed by atoms with Gasteiger partial charge in [0.05, 0.1) is 16.4 Å². The Bertz CT molecular complexity index is 2800. The predicted molar refractivity (Wildman–Crippen MR) is 214 cm³/mol. The summed E-state index contributed by atoms with van der Waals surface area (Å²) in [5, 5.41) is 2.14. The van der Waals surface area contributed by atoms with Crippen LogP contribution in [0.3, 0.4) is 0 Å². The van der Waals surface area contributed by atoms with E-state index in [1.807, 2.05) is 12.1 Å². The molecule has 4 nitrogen and oxygen atoms in total. The first-order valence-corrected chi connectivity index (χ1v) is 17.8. The van der Waals surface area contributed by atoms with Gasteiger partial charge in [-0.2, -0.15) is 4.57 Å². The number of aromatic nitrogens is 4. The summed E-state index contributed by atoms with van der Waals surface area (Å²) in [6, 6.07) is 57.3. The number of nitrogens with zero attached hydrogens (tertiary/aromatic N) is 4. The fourth-order valence-electron chi connectivity index (χ4n) is 8.11. The van der Waals surface area contributed by atoms with Crippen LogP contribution in [0.15, 0.2) is 176 Å². The van der Waals surface area contributed by atoms with E-state index in [-0.39, 0.29) is 11.1 Å². The van der Waals surface area contributed by atoms with Crippen LogP contribution >= 0.6 is 0 Å². The molecule has 0 unspecified atom stereocenters. The van der Waals surface area contributed by atoms with Gasteiger partial charge in [0, 0.05) is 21.1 Å². The van der Waals surface area contributed by atoms with E-state index < -0.39 is 12.3 Å². The average Bonchev–Trinajstić information content (AvgIpc) is 3.76. The lowest BCUT2D eigenvalue weighted by atomic mass is 9.65. The minimum absolute atomic E-state index is 0.119. The molecule has 9 rings (SSSR count). The van der Waals surface area contributed by atoms with Crippen LogP contribution in [0.4, 0.5) is 0 Å². The smallest absolute Gasteiger partial charge is 0.250 e. The van der Waals surface area contributed by atoms with Crippen molar-refractivity contribution in [1.82, 2.24) is 14.1 Å². The molecule has 52 heavy (non-hydrogen) atoms. The van der Waals surface area contributed by atoms with Crippen molar-refractivity contribution in [2.75, 3.05) is 0 Å². The van der Waals surface area contributed by atoms with Crippen molar-refractivity contribution < 1.29 is 8.68 Å². The minimum Gasteiger partial charge on any atom is -0.294 e. The predicted octanol–water partition coefficient (Wildman–Crippen LogP) is 10.9. The van der Waals surface area contributed by atoms with Crippen LogP contribution in [-0.2, 0) is 11.0 Å². The molecule has 0 aliphatic rings. The molecule has 0 fully saturated rings. The average molecular weight is 677 g/mol. The van der Waals surface area contributed by atoms with Gasteiger partial charge in [-0.15, -0.1) is 0 Å². The van der Waals surface area contributed by atoms with Crippen molar-refractivity contribution in [3.8, 4) is 11.5 Å². The Labute approximate surface area is 309 Å². The van der Waals surface area contributed by atoms with Crippen molar-refractivity contribution in [2.24, 2.45) is 0 Å². The zero-order valence-electron chi connectivity index (χ0n) is 32.5. The van der Waals surface area contributed by atoms with Gasteiger partial charge in [0.1, 0.15) is 17.0 Å². The van der Waals surface area contributed by atoms with Crippen molar-refractivity contribution in [1.29, 1.82) is 0 Å². The van der Waals surface area contributed by atoms with E-state index >= 15 is 0 Å². The third-order valence-electron chi connectivity index (χ3n) is 10.4. The first kappa shape index (κ1) is 28.4. The number of fused-ring (bicyclic) bond motifs is 4. The first-order valence-electron chi connectivity index (χ1n) is 19.3. The monoisotopic (exact) mass is 676 g/mol. The maximum Gasteiger partial charge on any atom is 0.250 e. The second-order valence-corrected chi connectivity index (χ2v) is 14.5. The van der Waals surface area contributed by atoms with E-state index in [4.69, 9.17) is 9.10 Å². The summed E-state index contributed by atoms with van der Waals surface area (Å²) in [5.74, 6) is 0.565. The third kappa shape index (κ3) is 4.97. The number of benzene rings is 6. The standard InChI is InChI=1S/C48H41N4/c1-34-28-29-49-46(30-34)52-42-23-12-11-22-40(42)41-27-26-38(32-45(41)52)48(35-16-7-5-8-17-35,36-18-9-6-10-19-36)37-20-15-21-39(31-37)50-33-51(47(2,3)4)44-25-14-13-24-43(44)50/h5-33H,1-4H3/q+1/i1D3. The Morgan fingerprint density at radius 2 is 1.19 bits per heavy atom. The number of hydrogen-bond acceptors (Lipinski definition) is 1. The summed E-state index contributed by atoms with van der Waals surface area (Å²) in [6.07, 6.45) is 3.82. The van der Waals surface area contributed by atoms with Crippen molar-refractivity contribution in [2.45, 2.75) is 38.6 Å². The Hall–Kier alpha value is -6.26. The van der Waals surface area contributed by atoms with E-state index in [0.717, 1.165) is 55.3 Å². The Morgan fingerprint density at radius 1 is 0.558 bits per heavy atom. The number of imidazole rings is 1. The van der Waals surface area contributed by atoms with E-state index in [9.17, 15) is 0 Å². The molecule has 0 aliphatic heterocycles. The molecule has 0 radical (unpaired) electrons. The molecule has 0 atom stereocenters. The van der Waals surface area contributed by atoms with Gasteiger partial charge in [-0.3, -0.25) is 4.57 Å². The van der Waals surface area contributed by atoms with Crippen LogP contribution in [0, 0.1) is 6.85 Å². The Balaban J connectivity index is 1.37. The van der Waals surface area contributed by atoms with Crippen LogP contribution in [0.25, 0.3) is 44.3 Å². The molecule has 3 heterocycles. The summed E-state index contributed by atoms with van der Waals surface area (Å²) < 4.78 is 31.3. The largest absolute Gasteiger partial charge is 0.294 e. The molecule has 252 valence electrons. The molecule has 0 saturated heterocycles. The highest BCUT2D eigenvalue weighted by Gasteiger charge is 2.39. The van der Waals surface area contributed by atoms with E-state index in [0.29, 0.717) is 5.82 Å². The second kappa shape index (κ2) is 12.2. The topological polar surface area (TPSA) is 26.6 Å². The van der Waals surface area contributed by atoms with Gasteiger partial charge >= 0.3 is 0 Å². The minimum atomic E-state index is -2.26. The molecule has 0 saturated carbocycles. The Morgan fingerprint density at radius 3 is 1.92 bits per heavy atom. The van der Waals surface area contributed by atoms with Crippen molar-refractivity contribution >= 4 is 32.8 Å². The lowest BCUT2D eigenvalue weighted by Crippen LogP contribution is -2.49. The zero-order chi connectivity index (χ0) is 38.0. The highest BCUT2D eigenvalue weighted by Crippen LogP contribution is 2.47. The lowest BCUT2D eigenvalue weighted by molar-refractivity contribution is -0.731. The summed E-state index contributed by atoms with van der Waals surface area (Å²) in [6.45, 7) is 4.45. The molecule has 0 N–H and O–H groups in total. The van der Waals surface area contributed by atoms with Gasteiger partial charge in [0.15, 0.2) is 11.0 Å². The molecule has 3 aromatic heterocycles. The molecule has 6 aromatic carbocycles. The fourth-order valence-corrected chi connectivity index (χ4v) is 8.11.